The average molecular weight is 455 g/mol. The van der Waals surface area contributed by atoms with Gasteiger partial charge in [-0.2, -0.15) is 0 Å². The minimum absolute atomic E-state index is 0.438. The summed E-state index contributed by atoms with van der Waals surface area (Å²) < 4.78 is 27.5. The zero-order valence-corrected chi connectivity index (χ0v) is 19.7. The first-order valence-corrected chi connectivity index (χ1v) is 13.1. The number of benzene rings is 4. The highest BCUT2D eigenvalue weighted by atomic mass is 32.2. The van der Waals surface area contributed by atoms with Gasteiger partial charge in [0, 0.05) is 0 Å². The maximum absolute atomic E-state index is 13.7. The van der Waals surface area contributed by atoms with E-state index in [0.29, 0.717) is 9.79 Å². The minimum Gasteiger partial charge on any atom is -0.218 e. The van der Waals surface area contributed by atoms with Crippen LogP contribution in [0.25, 0.3) is 0 Å². The third kappa shape index (κ3) is 6.00. The molecule has 4 aromatic carbocycles. The Hall–Kier alpha value is -3.17. The van der Waals surface area contributed by atoms with Crippen molar-refractivity contribution in [2.45, 2.75) is 48.3 Å². The van der Waals surface area contributed by atoms with Gasteiger partial charge in [0.25, 0.3) is 0 Å². The first-order valence-electron chi connectivity index (χ1n) is 11.6. The van der Waals surface area contributed by atoms with Crippen LogP contribution in [0.3, 0.4) is 0 Å². The molecule has 3 heteroatoms. The van der Waals surface area contributed by atoms with Gasteiger partial charge in [-0.25, -0.2) is 8.42 Å². The summed E-state index contributed by atoms with van der Waals surface area (Å²) in [5.74, 6) is 0. The fraction of sp³-hybridized carbons (Fsp3) is 0.200. The van der Waals surface area contributed by atoms with Crippen molar-refractivity contribution in [2.75, 3.05) is 0 Å². The van der Waals surface area contributed by atoms with E-state index < -0.39 is 9.84 Å². The third-order valence-corrected chi connectivity index (χ3v) is 7.99. The maximum Gasteiger partial charge on any atom is 0.207 e. The molecule has 0 aliphatic heterocycles. The summed E-state index contributed by atoms with van der Waals surface area (Å²) in [6.07, 6.45) is 5.17. The van der Waals surface area contributed by atoms with Crippen LogP contribution in [0.4, 0.5) is 0 Å². The van der Waals surface area contributed by atoms with Gasteiger partial charge in [0.2, 0.25) is 9.84 Å². The molecular formula is C30H30O2S. The Kier molecular flexibility index (Phi) is 7.74. The molecule has 0 atom stereocenters. The molecule has 0 bridgehead atoms. The molecule has 0 unspecified atom stereocenters. The van der Waals surface area contributed by atoms with Crippen molar-refractivity contribution in [3.63, 3.8) is 0 Å². The summed E-state index contributed by atoms with van der Waals surface area (Å²) in [6, 6.07) is 35.6. The van der Waals surface area contributed by atoms with Crippen molar-refractivity contribution in [2.24, 2.45) is 0 Å². The van der Waals surface area contributed by atoms with E-state index in [1.807, 2.05) is 72.8 Å². The number of hydrogen-bond acceptors (Lipinski definition) is 2. The Morgan fingerprint density at radius 2 is 0.788 bits per heavy atom. The number of hydrogen-bond donors (Lipinski definition) is 0. The highest BCUT2D eigenvalue weighted by Crippen LogP contribution is 2.28. The van der Waals surface area contributed by atoms with Gasteiger partial charge in [-0.05, 0) is 72.9 Å². The van der Waals surface area contributed by atoms with Gasteiger partial charge in [0.1, 0.15) is 0 Å². The van der Waals surface area contributed by atoms with E-state index in [9.17, 15) is 8.42 Å². The van der Waals surface area contributed by atoms with Crippen LogP contribution in [0.1, 0.15) is 35.1 Å². The quantitative estimate of drug-likeness (QED) is 0.262. The Labute approximate surface area is 197 Å². The van der Waals surface area contributed by atoms with Crippen molar-refractivity contribution in [3.05, 3.63) is 131 Å². The second-order valence-corrected chi connectivity index (χ2v) is 10.3. The van der Waals surface area contributed by atoms with Crippen LogP contribution in [0.2, 0.25) is 0 Å². The van der Waals surface area contributed by atoms with Gasteiger partial charge < -0.3 is 0 Å². The monoisotopic (exact) mass is 454 g/mol. The van der Waals surface area contributed by atoms with Crippen LogP contribution >= 0.6 is 0 Å². The fourth-order valence-electron chi connectivity index (χ4n) is 4.32. The molecule has 0 aliphatic rings. The van der Waals surface area contributed by atoms with Gasteiger partial charge in [-0.3, -0.25) is 0 Å². The van der Waals surface area contributed by atoms with Gasteiger partial charge in [0.05, 0.1) is 9.79 Å². The van der Waals surface area contributed by atoms with Crippen molar-refractivity contribution in [1.29, 1.82) is 0 Å². The van der Waals surface area contributed by atoms with Crippen molar-refractivity contribution in [3.8, 4) is 0 Å². The number of rotatable bonds is 10. The van der Waals surface area contributed by atoms with Crippen LogP contribution in [0, 0.1) is 0 Å². The first kappa shape index (κ1) is 23.0. The predicted molar refractivity (Wildman–Crippen MR) is 135 cm³/mol. The molecule has 4 aromatic rings. The zero-order chi connectivity index (χ0) is 22.9. The lowest BCUT2D eigenvalue weighted by Crippen LogP contribution is -2.09. The van der Waals surface area contributed by atoms with Crippen molar-refractivity contribution >= 4 is 9.84 Å². The molecule has 33 heavy (non-hydrogen) atoms. The molecule has 0 amide bonds. The zero-order valence-electron chi connectivity index (χ0n) is 18.9. The summed E-state index contributed by atoms with van der Waals surface area (Å²) >= 11 is 0. The Balaban J connectivity index is 1.51. The summed E-state index contributed by atoms with van der Waals surface area (Å²) in [6.45, 7) is 0. The van der Waals surface area contributed by atoms with Crippen molar-refractivity contribution in [1.82, 2.24) is 0 Å². The van der Waals surface area contributed by atoms with Crippen LogP contribution in [-0.4, -0.2) is 8.42 Å². The molecule has 0 N–H and O–H groups in total. The molecule has 0 saturated carbocycles. The van der Waals surface area contributed by atoms with Gasteiger partial charge >= 0.3 is 0 Å². The average Bonchev–Trinajstić information content (AvgIpc) is 2.86. The normalized spacial score (nSPS) is 11.4. The second-order valence-electron chi connectivity index (χ2n) is 8.40. The second kappa shape index (κ2) is 11.1. The van der Waals surface area contributed by atoms with Crippen LogP contribution in [0.5, 0.6) is 0 Å². The Bertz CT molecular complexity index is 1170. The lowest BCUT2D eigenvalue weighted by atomic mass is 10.0. The number of aryl methyl sites for hydroxylation is 4. The molecule has 0 radical (unpaired) electrons. The topological polar surface area (TPSA) is 34.1 Å². The lowest BCUT2D eigenvalue weighted by molar-refractivity contribution is 0.593. The molecule has 0 aromatic heterocycles. The van der Waals surface area contributed by atoms with Gasteiger partial charge in [0.15, 0.2) is 0 Å². The summed E-state index contributed by atoms with van der Waals surface area (Å²) in [5.41, 5.74) is 4.35. The fourth-order valence-corrected chi connectivity index (χ4v) is 6.10. The standard InChI is InChI=1S/C30H30O2S/c31-33(32,29-23-9-7-19-27(29)21-11-17-25-13-3-1-4-14-25)30-24-10-8-20-28(30)22-12-18-26-15-5-2-6-16-26/h1-10,13-16,19-20,23-24H,11-12,17-18,21-22H2. The van der Waals surface area contributed by atoms with Crippen LogP contribution in [-0.2, 0) is 35.5 Å². The van der Waals surface area contributed by atoms with Crippen LogP contribution < -0.4 is 0 Å². The lowest BCUT2D eigenvalue weighted by Gasteiger charge is -2.14. The van der Waals surface area contributed by atoms with E-state index in [1.54, 1.807) is 12.1 Å². The van der Waals surface area contributed by atoms with Gasteiger partial charge in [-0.1, -0.05) is 97.1 Å². The van der Waals surface area contributed by atoms with Crippen molar-refractivity contribution < 1.29 is 8.42 Å². The molecule has 4 rings (SSSR count). The summed E-state index contributed by atoms with van der Waals surface area (Å²) in [4.78, 5) is 0.877. The van der Waals surface area contributed by atoms with E-state index in [-0.39, 0.29) is 0 Å². The largest absolute Gasteiger partial charge is 0.218 e. The van der Waals surface area contributed by atoms with E-state index in [1.165, 1.54) is 11.1 Å². The number of sulfone groups is 1. The maximum atomic E-state index is 13.7. The van der Waals surface area contributed by atoms with E-state index in [2.05, 4.69) is 24.3 Å². The molecule has 0 heterocycles. The summed E-state index contributed by atoms with van der Waals surface area (Å²) in [7, 11) is -3.59. The van der Waals surface area contributed by atoms with E-state index >= 15 is 0 Å². The molecule has 0 spiro atoms. The highest BCUT2D eigenvalue weighted by molar-refractivity contribution is 7.91. The molecule has 0 fully saturated rings. The Morgan fingerprint density at radius 3 is 1.21 bits per heavy atom. The predicted octanol–water partition coefficient (Wildman–Crippen LogP) is 6.87. The smallest absolute Gasteiger partial charge is 0.207 e. The molecular weight excluding hydrogens is 424 g/mol. The van der Waals surface area contributed by atoms with Gasteiger partial charge in [-0.15, -0.1) is 0 Å². The molecule has 0 aliphatic carbocycles. The molecule has 2 nitrogen and oxygen atoms in total. The third-order valence-electron chi connectivity index (χ3n) is 6.03. The minimum atomic E-state index is -3.59. The highest BCUT2D eigenvalue weighted by Gasteiger charge is 2.23. The van der Waals surface area contributed by atoms with Crippen LogP contribution in [0.15, 0.2) is 119 Å². The first-order chi connectivity index (χ1) is 16.1. The Morgan fingerprint density at radius 1 is 0.424 bits per heavy atom. The SMILES string of the molecule is O=S(=O)(c1ccccc1CCCc1ccccc1)c1ccccc1CCCc1ccccc1. The van der Waals surface area contributed by atoms with E-state index in [4.69, 9.17) is 0 Å². The molecule has 168 valence electrons. The molecule has 0 saturated heterocycles. The summed E-state index contributed by atoms with van der Waals surface area (Å²) in [5, 5.41) is 0. The van der Waals surface area contributed by atoms with E-state index in [0.717, 1.165) is 49.7 Å².